The Labute approximate surface area is 139 Å². The number of hydrogen-bond donors (Lipinski definition) is 2. The molecule has 0 amide bonds. The SMILES string of the molecule is NC1=NC2(CCCCC2)N(c2cccc(OCC(F)F)c2)C(N)=N1. The van der Waals surface area contributed by atoms with Gasteiger partial charge in [0.25, 0.3) is 6.43 Å². The lowest BCUT2D eigenvalue weighted by Crippen LogP contribution is -2.58. The molecule has 6 nitrogen and oxygen atoms in total. The monoisotopic (exact) mass is 337 g/mol. The summed E-state index contributed by atoms with van der Waals surface area (Å²) in [6, 6.07) is 6.89. The van der Waals surface area contributed by atoms with Crippen molar-refractivity contribution >= 4 is 17.6 Å². The van der Waals surface area contributed by atoms with Crippen LogP contribution in [-0.4, -0.2) is 30.6 Å². The average molecular weight is 337 g/mol. The highest BCUT2D eigenvalue weighted by Crippen LogP contribution is 2.40. The quantitative estimate of drug-likeness (QED) is 0.883. The zero-order valence-corrected chi connectivity index (χ0v) is 13.3. The number of halogens is 2. The summed E-state index contributed by atoms with van der Waals surface area (Å²) in [6.45, 7) is -0.650. The summed E-state index contributed by atoms with van der Waals surface area (Å²) in [6.07, 6.45) is 2.27. The van der Waals surface area contributed by atoms with Crippen molar-refractivity contribution in [1.29, 1.82) is 0 Å². The zero-order valence-electron chi connectivity index (χ0n) is 13.3. The van der Waals surface area contributed by atoms with Crippen LogP contribution in [0.25, 0.3) is 0 Å². The van der Waals surface area contributed by atoms with Crippen LogP contribution in [0.5, 0.6) is 5.75 Å². The number of nitrogens with zero attached hydrogens (tertiary/aromatic N) is 3. The van der Waals surface area contributed by atoms with Gasteiger partial charge >= 0.3 is 0 Å². The first kappa shape index (κ1) is 16.5. The van der Waals surface area contributed by atoms with E-state index in [0.717, 1.165) is 32.1 Å². The lowest BCUT2D eigenvalue weighted by molar-refractivity contribution is 0.0819. The predicted molar refractivity (Wildman–Crippen MR) is 89.5 cm³/mol. The fourth-order valence-corrected chi connectivity index (χ4v) is 3.37. The number of ether oxygens (including phenoxy) is 1. The number of guanidine groups is 2. The van der Waals surface area contributed by atoms with E-state index in [1.807, 2.05) is 11.0 Å². The highest BCUT2D eigenvalue weighted by atomic mass is 19.3. The Morgan fingerprint density at radius 1 is 1.21 bits per heavy atom. The maximum atomic E-state index is 12.4. The summed E-state index contributed by atoms with van der Waals surface area (Å²) >= 11 is 0. The van der Waals surface area contributed by atoms with E-state index in [4.69, 9.17) is 16.2 Å². The van der Waals surface area contributed by atoms with Gasteiger partial charge in [0.2, 0.25) is 11.9 Å². The largest absolute Gasteiger partial charge is 0.488 e. The van der Waals surface area contributed by atoms with Gasteiger partial charge in [-0.15, -0.1) is 0 Å². The highest BCUT2D eigenvalue weighted by molar-refractivity contribution is 6.05. The van der Waals surface area contributed by atoms with Crippen LogP contribution >= 0.6 is 0 Å². The fraction of sp³-hybridized carbons (Fsp3) is 0.500. The van der Waals surface area contributed by atoms with E-state index in [1.165, 1.54) is 0 Å². The molecule has 4 N–H and O–H groups in total. The molecular weight excluding hydrogens is 316 g/mol. The van der Waals surface area contributed by atoms with Crippen molar-refractivity contribution < 1.29 is 13.5 Å². The molecule has 1 spiro atoms. The summed E-state index contributed by atoms with van der Waals surface area (Å²) in [4.78, 5) is 10.5. The number of aliphatic imine (C=N–C) groups is 2. The molecule has 3 rings (SSSR count). The van der Waals surface area contributed by atoms with Gasteiger partial charge in [-0.3, -0.25) is 4.90 Å². The Morgan fingerprint density at radius 2 is 1.96 bits per heavy atom. The first-order chi connectivity index (χ1) is 11.5. The van der Waals surface area contributed by atoms with Crippen molar-refractivity contribution in [3.8, 4) is 5.75 Å². The third-order valence-electron chi connectivity index (χ3n) is 4.30. The van der Waals surface area contributed by atoms with E-state index in [0.29, 0.717) is 11.4 Å². The van der Waals surface area contributed by atoms with Gasteiger partial charge < -0.3 is 16.2 Å². The van der Waals surface area contributed by atoms with Crippen LogP contribution in [-0.2, 0) is 0 Å². The maximum Gasteiger partial charge on any atom is 0.272 e. The standard InChI is InChI=1S/C16H21F2N5O/c17-13(18)10-24-12-6-4-5-11(9-12)23-15(20)21-14(19)22-16(23)7-2-1-3-8-16/h4-6,9,13H,1-3,7-8,10H2,(H4,19,20,21,22). The maximum absolute atomic E-state index is 12.4. The molecule has 8 heteroatoms. The van der Waals surface area contributed by atoms with Crippen LogP contribution in [0.4, 0.5) is 14.5 Å². The van der Waals surface area contributed by atoms with Crippen molar-refractivity contribution in [2.24, 2.45) is 21.5 Å². The Hall–Kier alpha value is -2.38. The van der Waals surface area contributed by atoms with Crippen molar-refractivity contribution in [3.05, 3.63) is 24.3 Å². The molecule has 2 aliphatic rings. The lowest BCUT2D eigenvalue weighted by atomic mass is 9.87. The molecule has 130 valence electrons. The number of alkyl halides is 2. The van der Waals surface area contributed by atoms with Crippen LogP contribution in [0.2, 0.25) is 0 Å². The lowest BCUT2D eigenvalue weighted by Gasteiger charge is -2.45. The molecule has 1 aromatic carbocycles. The van der Waals surface area contributed by atoms with Gasteiger partial charge in [-0.05, 0) is 37.8 Å². The molecule has 1 aromatic rings. The molecule has 1 aliphatic carbocycles. The van der Waals surface area contributed by atoms with Gasteiger partial charge in [0.15, 0.2) is 0 Å². The van der Waals surface area contributed by atoms with Gasteiger partial charge in [-0.1, -0.05) is 12.5 Å². The minimum atomic E-state index is -2.52. The van der Waals surface area contributed by atoms with Gasteiger partial charge in [-0.25, -0.2) is 13.8 Å². The molecule has 24 heavy (non-hydrogen) atoms. The van der Waals surface area contributed by atoms with Crippen molar-refractivity contribution in [1.82, 2.24) is 0 Å². The Morgan fingerprint density at radius 3 is 2.67 bits per heavy atom. The summed E-state index contributed by atoms with van der Waals surface area (Å²) in [7, 11) is 0. The number of hydrogen-bond acceptors (Lipinski definition) is 6. The van der Waals surface area contributed by atoms with Crippen LogP contribution in [0, 0.1) is 0 Å². The highest BCUT2D eigenvalue weighted by Gasteiger charge is 2.42. The minimum Gasteiger partial charge on any atom is -0.488 e. The smallest absolute Gasteiger partial charge is 0.272 e. The minimum absolute atomic E-state index is 0.177. The molecule has 1 fully saturated rings. The van der Waals surface area contributed by atoms with E-state index in [1.54, 1.807) is 18.2 Å². The molecule has 1 heterocycles. The predicted octanol–water partition coefficient (Wildman–Crippen LogP) is 2.44. The second kappa shape index (κ2) is 6.62. The van der Waals surface area contributed by atoms with Crippen LogP contribution in [0.3, 0.4) is 0 Å². The summed E-state index contributed by atoms with van der Waals surface area (Å²) in [5.74, 6) is 0.792. The van der Waals surface area contributed by atoms with Gasteiger partial charge in [0.1, 0.15) is 18.0 Å². The second-order valence-corrected chi connectivity index (χ2v) is 6.02. The van der Waals surface area contributed by atoms with Crippen molar-refractivity contribution in [3.63, 3.8) is 0 Å². The van der Waals surface area contributed by atoms with Gasteiger partial charge in [0, 0.05) is 11.8 Å². The van der Waals surface area contributed by atoms with Crippen LogP contribution in [0.1, 0.15) is 32.1 Å². The first-order valence-electron chi connectivity index (χ1n) is 8.01. The number of benzene rings is 1. The Bertz CT molecular complexity index is 656. The second-order valence-electron chi connectivity index (χ2n) is 6.02. The molecule has 1 saturated carbocycles. The van der Waals surface area contributed by atoms with Gasteiger partial charge in [-0.2, -0.15) is 4.99 Å². The van der Waals surface area contributed by atoms with Crippen LogP contribution in [0.15, 0.2) is 34.3 Å². The molecule has 0 radical (unpaired) electrons. The van der Waals surface area contributed by atoms with Crippen molar-refractivity contribution in [2.45, 2.75) is 44.2 Å². The molecule has 1 aliphatic heterocycles. The van der Waals surface area contributed by atoms with Crippen LogP contribution < -0.4 is 21.1 Å². The van der Waals surface area contributed by atoms with E-state index in [2.05, 4.69) is 9.98 Å². The molecule has 0 saturated heterocycles. The van der Waals surface area contributed by atoms with Crippen molar-refractivity contribution in [2.75, 3.05) is 11.5 Å². The Kier molecular flexibility index (Phi) is 4.55. The fourth-order valence-electron chi connectivity index (χ4n) is 3.37. The van der Waals surface area contributed by atoms with E-state index in [-0.39, 0.29) is 11.9 Å². The number of anilines is 1. The number of nitrogens with two attached hydrogens (primary N) is 2. The Balaban J connectivity index is 1.93. The normalized spacial score (nSPS) is 20.0. The molecule has 0 atom stereocenters. The summed E-state index contributed by atoms with van der Waals surface area (Å²) < 4.78 is 29.8. The number of rotatable bonds is 4. The molecule has 0 bridgehead atoms. The molecule has 0 unspecified atom stereocenters. The topological polar surface area (TPSA) is 89.2 Å². The third-order valence-corrected chi connectivity index (χ3v) is 4.30. The average Bonchev–Trinajstić information content (AvgIpc) is 2.53. The van der Waals surface area contributed by atoms with Gasteiger partial charge in [0.05, 0.1) is 0 Å². The third kappa shape index (κ3) is 3.27. The zero-order chi connectivity index (χ0) is 17.2. The molecular formula is C16H21F2N5O. The van der Waals surface area contributed by atoms with E-state index >= 15 is 0 Å². The summed E-state index contributed by atoms with van der Waals surface area (Å²) in [5, 5.41) is 0. The van der Waals surface area contributed by atoms with E-state index in [9.17, 15) is 8.78 Å². The van der Waals surface area contributed by atoms with E-state index < -0.39 is 18.7 Å². The first-order valence-corrected chi connectivity index (χ1v) is 8.01. The molecule has 0 aromatic heterocycles. The summed E-state index contributed by atoms with van der Waals surface area (Å²) in [5.41, 5.74) is 12.1.